The minimum atomic E-state index is -0.504. The van der Waals surface area contributed by atoms with Gasteiger partial charge >= 0.3 is 5.69 Å². The van der Waals surface area contributed by atoms with Crippen molar-refractivity contribution >= 4 is 23.1 Å². The number of rotatable bonds is 4. The number of para-hydroxylation sites is 1. The summed E-state index contributed by atoms with van der Waals surface area (Å²) in [6.45, 7) is 4.37. The molecule has 20 heavy (non-hydrogen) atoms. The van der Waals surface area contributed by atoms with E-state index >= 15 is 0 Å². The van der Waals surface area contributed by atoms with Crippen molar-refractivity contribution in [1.29, 1.82) is 0 Å². The Morgan fingerprint density at radius 2 is 2.10 bits per heavy atom. The first-order valence-electron chi connectivity index (χ1n) is 6.14. The summed E-state index contributed by atoms with van der Waals surface area (Å²) in [5.41, 5.74) is 7.26. The lowest BCUT2D eigenvalue weighted by Crippen LogP contribution is -2.20. The molecule has 0 aliphatic rings. The fraction of sp³-hybridized carbons (Fsp3) is 0.231. The van der Waals surface area contributed by atoms with Gasteiger partial charge in [-0.05, 0) is 25.5 Å². The van der Waals surface area contributed by atoms with Crippen molar-refractivity contribution in [2.75, 3.05) is 17.2 Å². The van der Waals surface area contributed by atoms with E-state index in [1.165, 1.54) is 0 Å². The van der Waals surface area contributed by atoms with Crippen molar-refractivity contribution in [1.82, 2.24) is 9.97 Å². The van der Waals surface area contributed by atoms with E-state index in [9.17, 15) is 10.1 Å². The summed E-state index contributed by atoms with van der Waals surface area (Å²) in [6.07, 6.45) is 1.14. The number of aryl methyl sites for hydroxylation is 1. The van der Waals surface area contributed by atoms with Crippen LogP contribution in [0, 0.1) is 17.0 Å². The number of aromatic nitrogens is 2. The Balaban J connectivity index is 2.60. The number of benzene rings is 1. The van der Waals surface area contributed by atoms with Crippen molar-refractivity contribution in [2.24, 2.45) is 0 Å². The molecule has 104 valence electrons. The number of hydrogen-bond donors (Lipinski definition) is 1. The lowest BCUT2D eigenvalue weighted by Gasteiger charge is -2.23. The zero-order valence-corrected chi connectivity index (χ0v) is 11.3. The summed E-state index contributed by atoms with van der Waals surface area (Å²) >= 11 is 0. The highest BCUT2D eigenvalue weighted by atomic mass is 16.6. The number of nitrogen functional groups attached to an aromatic ring is 1. The number of nitro groups is 1. The minimum absolute atomic E-state index is 0.0117. The summed E-state index contributed by atoms with van der Waals surface area (Å²) in [7, 11) is 0. The number of anilines is 3. The lowest BCUT2D eigenvalue weighted by molar-refractivity contribution is -0.384. The maximum absolute atomic E-state index is 11.1. The van der Waals surface area contributed by atoms with Crippen LogP contribution in [0.3, 0.4) is 0 Å². The van der Waals surface area contributed by atoms with Crippen molar-refractivity contribution < 1.29 is 4.92 Å². The van der Waals surface area contributed by atoms with Crippen molar-refractivity contribution in [3.05, 3.63) is 46.1 Å². The molecule has 0 spiro atoms. The monoisotopic (exact) mass is 273 g/mol. The van der Waals surface area contributed by atoms with Crippen LogP contribution >= 0.6 is 0 Å². The lowest BCUT2D eigenvalue weighted by atomic mass is 10.2. The highest BCUT2D eigenvalue weighted by molar-refractivity contribution is 5.70. The van der Waals surface area contributed by atoms with E-state index in [4.69, 9.17) is 5.73 Å². The minimum Gasteiger partial charge on any atom is -0.368 e. The van der Waals surface area contributed by atoms with E-state index in [1.807, 2.05) is 38.1 Å². The molecule has 7 heteroatoms. The van der Waals surface area contributed by atoms with Gasteiger partial charge in [-0.2, -0.15) is 4.98 Å². The van der Waals surface area contributed by atoms with Gasteiger partial charge in [0.05, 0.1) is 4.92 Å². The van der Waals surface area contributed by atoms with Gasteiger partial charge in [-0.15, -0.1) is 0 Å². The van der Waals surface area contributed by atoms with Gasteiger partial charge in [-0.1, -0.05) is 18.2 Å². The molecule has 0 saturated carbocycles. The Kier molecular flexibility index (Phi) is 3.79. The third-order valence-corrected chi connectivity index (χ3v) is 2.94. The smallest absolute Gasteiger partial charge is 0.330 e. The molecule has 0 aliphatic carbocycles. The molecule has 0 atom stereocenters. The molecule has 0 saturated heterocycles. The van der Waals surface area contributed by atoms with E-state index in [0.29, 0.717) is 6.54 Å². The largest absolute Gasteiger partial charge is 0.368 e. The van der Waals surface area contributed by atoms with Crippen LogP contribution in [0.15, 0.2) is 30.5 Å². The summed E-state index contributed by atoms with van der Waals surface area (Å²) in [6, 6.07) is 7.62. The van der Waals surface area contributed by atoms with E-state index in [-0.39, 0.29) is 17.5 Å². The molecule has 0 unspecified atom stereocenters. The van der Waals surface area contributed by atoms with E-state index in [1.54, 1.807) is 4.90 Å². The Hall–Kier alpha value is -2.70. The molecule has 0 aliphatic heterocycles. The van der Waals surface area contributed by atoms with Crippen molar-refractivity contribution in [2.45, 2.75) is 13.8 Å². The standard InChI is InChI=1S/C13H15N5O2/c1-3-17(10-7-5-4-6-9(10)2)12-11(18(19)20)8-15-13(14)16-12/h4-8H,3H2,1-2H3,(H2,14,15,16). The second-order valence-electron chi connectivity index (χ2n) is 4.22. The van der Waals surface area contributed by atoms with Gasteiger partial charge in [-0.25, -0.2) is 4.98 Å². The van der Waals surface area contributed by atoms with Gasteiger partial charge in [0.1, 0.15) is 6.20 Å². The number of nitrogens with zero attached hydrogens (tertiary/aromatic N) is 4. The highest BCUT2D eigenvalue weighted by Gasteiger charge is 2.23. The summed E-state index contributed by atoms with van der Waals surface area (Å²) < 4.78 is 0. The Bertz CT molecular complexity index is 644. The van der Waals surface area contributed by atoms with Crippen LogP contribution in [0.1, 0.15) is 12.5 Å². The molecule has 0 fully saturated rings. The van der Waals surface area contributed by atoms with Crippen LogP contribution in [0.4, 0.5) is 23.1 Å². The Morgan fingerprint density at radius 3 is 2.70 bits per heavy atom. The molecule has 1 aromatic carbocycles. The maximum Gasteiger partial charge on any atom is 0.330 e. The van der Waals surface area contributed by atoms with Gasteiger partial charge in [0.15, 0.2) is 0 Å². The molecule has 0 amide bonds. The SMILES string of the molecule is CCN(c1ccccc1C)c1nc(N)ncc1[N+](=O)[O-]. The summed E-state index contributed by atoms with van der Waals surface area (Å²) in [5, 5.41) is 11.1. The van der Waals surface area contributed by atoms with E-state index in [0.717, 1.165) is 17.4 Å². The van der Waals surface area contributed by atoms with E-state index < -0.39 is 4.92 Å². The Labute approximate surface area is 116 Å². The van der Waals surface area contributed by atoms with Crippen molar-refractivity contribution in [3.63, 3.8) is 0 Å². The van der Waals surface area contributed by atoms with Crippen LogP contribution in [0.5, 0.6) is 0 Å². The van der Waals surface area contributed by atoms with Gasteiger partial charge in [0.25, 0.3) is 0 Å². The van der Waals surface area contributed by atoms with Crippen LogP contribution in [-0.2, 0) is 0 Å². The van der Waals surface area contributed by atoms with Crippen LogP contribution < -0.4 is 10.6 Å². The molecule has 2 N–H and O–H groups in total. The highest BCUT2D eigenvalue weighted by Crippen LogP contribution is 2.33. The van der Waals surface area contributed by atoms with E-state index in [2.05, 4.69) is 9.97 Å². The number of nitrogens with two attached hydrogens (primary N) is 1. The predicted octanol–water partition coefficient (Wildman–Crippen LogP) is 2.43. The quantitative estimate of drug-likeness (QED) is 0.678. The molecule has 0 radical (unpaired) electrons. The zero-order chi connectivity index (χ0) is 14.7. The molecule has 1 heterocycles. The van der Waals surface area contributed by atoms with Crippen LogP contribution in [0.2, 0.25) is 0 Å². The molecule has 2 rings (SSSR count). The third kappa shape index (κ3) is 2.51. The van der Waals surface area contributed by atoms with Crippen LogP contribution in [0.25, 0.3) is 0 Å². The number of hydrogen-bond acceptors (Lipinski definition) is 6. The van der Waals surface area contributed by atoms with Crippen LogP contribution in [-0.4, -0.2) is 21.4 Å². The first-order chi connectivity index (χ1) is 9.54. The van der Waals surface area contributed by atoms with Gasteiger partial charge in [0.2, 0.25) is 11.8 Å². The molecular formula is C13H15N5O2. The molecule has 2 aromatic rings. The summed E-state index contributed by atoms with van der Waals surface area (Å²) in [4.78, 5) is 20.1. The average molecular weight is 273 g/mol. The fourth-order valence-corrected chi connectivity index (χ4v) is 2.01. The first kappa shape index (κ1) is 13.7. The first-order valence-corrected chi connectivity index (χ1v) is 6.14. The third-order valence-electron chi connectivity index (χ3n) is 2.94. The predicted molar refractivity (Wildman–Crippen MR) is 77.0 cm³/mol. The fourth-order valence-electron chi connectivity index (χ4n) is 2.01. The van der Waals surface area contributed by atoms with Gasteiger partial charge in [0, 0.05) is 12.2 Å². The molecule has 0 bridgehead atoms. The molecule has 7 nitrogen and oxygen atoms in total. The van der Waals surface area contributed by atoms with Gasteiger partial charge < -0.3 is 10.6 Å². The maximum atomic E-state index is 11.1. The van der Waals surface area contributed by atoms with Crippen molar-refractivity contribution in [3.8, 4) is 0 Å². The van der Waals surface area contributed by atoms with Gasteiger partial charge in [-0.3, -0.25) is 10.1 Å². The topological polar surface area (TPSA) is 98.2 Å². The normalized spacial score (nSPS) is 10.3. The zero-order valence-electron chi connectivity index (χ0n) is 11.3. The average Bonchev–Trinajstić information content (AvgIpc) is 2.41. The Morgan fingerprint density at radius 1 is 1.40 bits per heavy atom. The molecule has 1 aromatic heterocycles. The second-order valence-corrected chi connectivity index (χ2v) is 4.22. The second kappa shape index (κ2) is 5.52. The summed E-state index contributed by atoms with van der Waals surface area (Å²) in [5.74, 6) is 0.219. The molecular weight excluding hydrogens is 258 g/mol.